The molecule has 0 saturated carbocycles. The number of rotatable bonds is 3. The Morgan fingerprint density at radius 3 is 2.61 bits per heavy atom. The van der Waals surface area contributed by atoms with E-state index in [0.29, 0.717) is 5.95 Å². The smallest absolute Gasteiger partial charge is 0.221 e. The summed E-state index contributed by atoms with van der Waals surface area (Å²) in [6.45, 7) is 2.76. The maximum absolute atomic E-state index is 5.62. The summed E-state index contributed by atoms with van der Waals surface area (Å²) in [4.78, 5) is 10.3. The van der Waals surface area contributed by atoms with Crippen LogP contribution in [-0.4, -0.2) is 17.0 Å². The van der Waals surface area contributed by atoms with E-state index in [1.54, 1.807) is 6.20 Å². The van der Waals surface area contributed by atoms with Crippen molar-refractivity contribution in [3.05, 3.63) is 46.1 Å². The van der Waals surface area contributed by atoms with Gasteiger partial charge in [0, 0.05) is 29.8 Å². The van der Waals surface area contributed by atoms with E-state index < -0.39 is 0 Å². The van der Waals surface area contributed by atoms with Crippen molar-refractivity contribution < 1.29 is 0 Å². The first-order chi connectivity index (χ1) is 8.56. The number of benzene rings is 1. The Hall–Kier alpha value is -1.62. The van der Waals surface area contributed by atoms with Gasteiger partial charge in [-0.15, -0.1) is 0 Å². The van der Waals surface area contributed by atoms with E-state index in [1.165, 1.54) is 5.56 Å². The van der Waals surface area contributed by atoms with Crippen LogP contribution in [0.2, 0.25) is 0 Å². The number of aryl methyl sites for hydroxylation is 1. The molecule has 0 unspecified atom stereocenters. The fourth-order valence-corrected chi connectivity index (χ4v) is 2.04. The highest BCUT2D eigenvalue weighted by atomic mass is 79.9. The van der Waals surface area contributed by atoms with Gasteiger partial charge < -0.3 is 10.6 Å². The van der Waals surface area contributed by atoms with Gasteiger partial charge >= 0.3 is 0 Å². The molecule has 0 spiro atoms. The molecule has 0 aliphatic carbocycles. The Kier molecular flexibility index (Phi) is 3.81. The van der Waals surface area contributed by atoms with Crippen LogP contribution in [0.15, 0.2) is 34.9 Å². The van der Waals surface area contributed by atoms with Crippen molar-refractivity contribution in [1.82, 2.24) is 9.97 Å². The normalized spacial score (nSPS) is 10.4. The quantitative estimate of drug-likeness (QED) is 0.947. The van der Waals surface area contributed by atoms with Crippen LogP contribution in [0.3, 0.4) is 0 Å². The highest BCUT2D eigenvalue weighted by Gasteiger charge is 2.08. The minimum atomic E-state index is 0.304. The van der Waals surface area contributed by atoms with Gasteiger partial charge in [-0.1, -0.05) is 28.1 Å². The van der Waals surface area contributed by atoms with Crippen LogP contribution >= 0.6 is 15.9 Å². The van der Waals surface area contributed by atoms with E-state index in [-0.39, 0.29) is 0 Å². The first-order valence-corrected chi connectivity index (χ1v) is 6.40. The molecule has 2 aromatic rings. The van der Waals surface area contributed by atoms with Gasteiger partial charge in [0.05, 0.1) is 0 Å². The molecular weight excluding hydrogens is 292 g/mol. The first-order valence-electron chi connectivity index (χ1n) is 5.61. The molecule has 5 heteroatoms. The fourth-order valence-electron chi connectivity index (χ4n) is 1.77. The zero-order valence-electron chi connectivity index (χ0n) is 10.4. The maximum Gasteiger partial charge on any atom is 0.221 e. The molecule has 0 atom stereocenters. The van der Waals surface area contributed by atoms with Crippen LogP contribution in [0.1, 0.15) is 11.1 Å². The number of halogens is 1. The first kappa shape index (κ1) is 12.8. The third-order valence-electron chi connectivity index (χ3n) is 2.66. The molecule has 0 radical (unpaired) electrons. The largest absolute Gasteiger partial charge is 0.368 e. The standard InChI is InChI=1S/C13H15BrN4/c1-9-7-16-13(15)17-12(9)18(2)8-10-3-5-11(14)6-4-10/h3-7H,8H2,1-2H3,(H2,15,16,17). The molecule has 94 valence electrons. The minimum Gasteiger partial charge on any atom is -0.368 e. The van der Waals surface area contributed by atoms with Gasteiger partial charge in [0.1, 0.15) is 5.82 Å². The predicted molar refractivity (Wildman–Crippen MR) is 77.4 cm³/mol. The Morgan fingerprint density at radius 2 is 1.94 bits per heavy atom. The lowest BCUT2D eigenvalue weighted by molar-refractivity contribution is 0.885. The van der Waals surface area contributed by atoms with Gasteiger partial charge in [0.15, 0.2) is 0 Å². The van der Waals surface area contributed by atoms with Gasteiger partial charge in [0.2, 0.25) is 5.95 Å². The Bertz CT molecular complexity index is 539. The van der Waals surface area contributed by atoms with E-state index in [2.05, 4.69) is 42.9 Å². The monoisotopic (exact) mass is 306 g/mol. The molecule has 4 nitrogen and oxygen atoms in total. The highest BCUT2D eigenvalue weighted by Crippen LogP contribution is 2.18. The van der Waals surface area contributed by atoms with Crippen LogP contribution in [0, 0.1) is 6.92 Å². The molecule has 0 bridgehead atoms. The third-order valence-corrected chi connectivity index (χ3v) is 3.19. The van der Waals surface area contributed by atoms with E-state index in [1.807, 2.05) is 26.1 Å². The van der Waals surface area contributed by atoms with Gasteiger partial charge in [-0.3, -0.25) is 0 Å². The molecule has 18 heavy (non-hydrogen) atoms. The molecule has 2 rings (SSSR count). The van der Waals surface area contributed by atoms with Crippen LogP contribution in [-0.2, 0) is 6.54 Å². The topological polar surface area (TPSA) is 55.0 Å². The van der Waals surface area contributed by atoms with Gasteiger partial charge in [-0.2, -0.15) is 4.98 Å². The van der Waals surface area contributed by atoms with Gasteiger partial charge in [-0.05, 0) is 24.6 Å². The molecule has 0 aliphatic rings. The molecule has 0 fully saturated rings. The number of aromatic nitrogens is 2. The number of anilines is 2. The molecule has 1 aromatic heterocycles. The number of nitrogens with zero attached hydrogens (tertiary/aromatic N) is 3. The summed E-state index contributed by atoms with van der Waals surface area (Å²) >= 11 is 3.43. The predicted octanol–water partition coefficient (Wildman–Crippen LogP) is 2.77. The second-order valence-corrected chi connectivity index (χ2v) is 5.13. The van der Waals surface area contributed by atoms with Crippen molar-refractivity contribution in [1.29, 1.82) is 0 Å². The lowest BCUT2D eigenvalue weighted by atomic mass is 10.2. The Balaban J connectivity index is 2.18. The van der Waals surface area contributed by atoms with E-state index in [4.69, 9.17) is 5.73 Å². The van der Waals surface area contributed by atoms with E-state index in [0.717, 1.165) is 22.4 Å². The Morgan fingerprint density at radius 1 is 1.28 bits per heavy atom. The van der Waals surface area contributed by atoms with Crippen molar-refractivity contribution in [3.8, 4) is 0 Å². The number of nitrogen functional groups attached to an aromatic ring is 1. The van der Waals surface area contributed by atoms with Crippen LogP contribution < -0.4 is 10.6 Å². The van der Waals surface area contributed by atoms with Crippen molar-refractivity contribution in [2.24, 2.45) is 0 Å². The molecule has 2 N–H and O–H groups in total. The number of nitrogens with two attached hydrogens (primary N) is 1. The van der Waals surface area contributed by atoms with Crippen LogP contribution in [0.5, 0.6) is 0 Å². The summed E-state index contributed by atoms with van der Waals surface area (Å²) in [6.07, 6.45) is 1.75. The van der Waals surface area contributed by atoms with Crippen molar-refractivity contribution in [2.75, 3.05) is 17.7 Å². The van der Waals surface area contributed by atoms with Crippen molar-refractivity contribution in [3.63, 3.8) is 0 Å². The Labute approximate surface area is 115 Å². The molecule has 0 aliphatic heterocycles. The maximum atomic E-state index is 5.62. The van der Waals surface area contributed by atoms with Gasteiger partial charge in [-0.25, -0.2) is 4.98 Å². The second-order valence-electron chi connectivity index (χ2n) is 4.22. The van der Waals surface area contributed by atoms with Gasteiger partial charge in [0.25, 0.3) is 0 Å². The SMILES string of the molecule is Cc1cnc(N)nc1N(C)Cc1ccc(Br)cc1. The second kappa shape index (κ2) is 5.35. The average molecular weight is 307 g/mol. The molecule has 1 aromatic carbocycles. The van der Waals surface area contributed by atoms with E-state index >= 15 is 0 Å². The minimum absolute atomic E-state index is 0.304. The zero-order valence-corrected chi connectivity index (χ0v) is 12.0. The fraction of sp³-hybridized carbons (Fsp3) is 0.231. The van der Waals surface area contributed by atoms with E-state index in [9.17, 15) is 0 Å². The zero-order chi connectivity index (χ0) is 13.1. The summed E-state index contributed by atoms with van der Waals surface area (Å²) < 4.78 is 1.08. The van der Waals surface area contributed by atoms with Crippen LogP contribution in [0.4, 0.5) is 11.8 Å². The molecular formula is C13H15BrN4. The summed E-state index contributed by atoms with van der Waals surface area (Å²) in [5.74, 6) is 1.17. The lowest BCUT2D eigenvalue weighted by Gasteiger charge is -2.20. The molecule has 1 heterocycles. The summed E-state index contributed by atoms with van der Waals surface area (Å²) in [6, 6.07) is 8.23. The third kappa shape index (κ3) is 2.98. The number of hydrogen-bond donors (Lipinski definition) is 1. The summed E-state index contributed by atoms with van der Waals surface area (Å²) in [5, 5.41) is 0. The average Bonchev–Trinajstić information content (AvgIpc) is 2.35. The lowest BCUT2D eigenvalue weighted by Crippen LogP contribution is -2.19. The molecule has 0 saturated heterocycles. The van der Waals surface area contributed by atoms with Crippen LogP contribution in [0.25, 0.3) is 0 Å². The highest BCUT2D eigenvalue weighted by molar-refractivity contribution is 9.10. The number of hydrogen-bond acceptors (Lipinski definition) is 4. The summed E-state index contributed by atoms with van der Waals surface area (Å²) in [7, 11) is 2.00. The van der Waals surface area contributed by atoms with Crippen molar-refractivity contribution >= 4 is 27.7 Å². The summed E-state index contributed by atoms with van der Waals surface area (Å²) in [5.41, 5.74) is 7.86. The van der Waals surface area contributed by atoms with Crippen molar-refractivity contribution in [2.45, 2.75) is 13.5 Å². The molecule has 0 amide bonds.